The zero-order valence-electron chi connectivity index (χ0n) is 15.8. The largest absolute Gasteiger partial charge is 0.465 e. The third kappa shape index (κ3) is 5.41. The molecule has 142 valence electrons. The van der Waals surface area contributed by atoms with Gasteiger partial charge in [0, 0.05) is 31.3 Å². The zero-order chi connectivity index (χ0) is 19.8. The van der Waals surface area contributed by atoms with Gasteiger partial charge < -0.3 is 15.0 Å². The summed E-state index contributed by atoms with van der Waals surface area (Å²) in [6, 6.07) is 14.2. The molecule has 0 aliphatic carbocycles. The highest BCUT2D eigenvalue weighted by Crippen LogP contribution is 2.19. The first-order valence-corrected chi connectivity index (χ1v) is 8.80. The van der Waals surface area contributed by atoms with Gasteiger partial charge in [-0.25, -0.2) is 4.79 Å². The van der Waals surface area contributed by atoms with Gasteiger partial charge in [-0.2, -0.15) is 0 Å². The third-order valence-corrected chi connectivity index (χ3v) is 4.19. The maximum Gasteiger partial charge on any atom is 0.337 e. The van der Waals surface area contributed by atoms with Crippen molar-refractivity contribution in [1.82, 2.24) is 0 Å². The van der Waals surface area contributed by atoms with Gasteiger partial charge in [-0.15, -0.1) is 0 Å². The van der Waals surface area contributed by atoms with Crippen LogP contribution < -0.4 is 10.2 Å². The van der Waals surface area contributed by atoms with E-state index in [1.54, 1.807) is 24.3 Å². The number of carbonyl (C=O) groups excluding carboxylic acids is 3. The number of anilines is 2. The fourth-order valence-electron chi connectivity index (χ4n) is 2.76. The van der Waals surface area contributed by atoms with Crippen molar-refractivity contribution in [2.45, 2.75) is 26.7 Å². The Morgan fingerprint density at radius 2 is 1.81 bits per heavy atom. The van der Waals surface area contributed by atoms with Crippen molar-refractivity contribution in [1.29, 1.82) is 0 Å². The summed E-state index contributed by atoms with van der Waals surface area (Å²) >= 11 is 0. The minimum atomic E-state index is -0.478. The van der Waals surface area contributed by atoms with E-state index in [0.717, 1.165) is 17.7 Å². The standard InChI is InChI=1S/C21H24N2O4/c1-4-16-8-5-6-11-19(16)22-20(25)12-13-23(15(2)24)18-10-7-9-17(14-18)21(26)27-3/h5-11,14H,4,12-13H2,1-3H3,(H,22,25). The fraction of sp³-hybridized carbons (Fsp3) is 0.286. The number of para-hydroxylation sites is 1. The first kappa shape index (κ1) is 20.2. The van der Waals surface area contributed by atoms with Gasteiger partial charge in [0.1, 0.15) is 0 Å². The maximum absolute atomic E-state index is 12.3. The lowest BCUT2D eigenvalue weighted by Gasteiger charge is -2.21. The molecule has 0 aromatic heterocycles. The molecule has 0 heterocycles. The molecule has 6 nitrogen and oxygen atoms in total. The summed E-state index contributed by atoms with van der Waals surface area (Å²) in [5.41, 5.74) is 2.74. The third-order valence-electron chi connectivity index (χ3n) is 4.19. The van der Waals surface area contributed by atoms with Crippen molar-refractivity contribution in [3.63, 3.8) is 0 Å². The van der Waals surface area contributed by atoms with Gasteiger partial charge in [-0.3, -0.25) is 9.59 Å². The van der Waals surface area contributed by atoms with Crippen molar-refractivity contribution in [3.05, 3.63) is 59.7 Å². The number of rotatable bonds is 7. The Labute approximate surface area is 159 Å². The van der Waals surface area contributed by atoms with Gasteiger partial charge in [0.05, 0.1) is 12.7 Å². The second-order valence-corrected chi connectivity index (χ2v) is 6.02. The van der Waals surface area contributed by atoms with E-state index in [1.807, 2.05) is 31.2 Å². The van der Waals surface area contributed by atoms with Gasteiger partial charge in [0.25, 0.3) is 0 Å². The fourth-order valence-corrected chi connectivity index (χ4v) is 2.76. The van der Waals surface area contributed by atoms with Crippen LogP contribution >= 0.6 is 0 Å². The lowest BCUT2D eigenvalue weighted by Crippen LogP contribution is -2.32. The average Bonchev–Trinajstić information content (AvgIpc) is 2.68. The van der Waals surface area contributed by atoms with Crippen molar-refractivity contribution in [3.8, 4) is 0 Å². The number of ether oxygens (including phenoxy) is 1. The predicted octanol–water partition coefficient (Wildman–Crippen LogP) is 3.42. The van der Waals surface area contributed by atoms with Crippen LogP contribution in [0.1, 0.15) is 36.2 Å². The van der Waals surface area contributed by atoms with Crippen molar-refractivity contribution in [2.75, 3.05) is 23.9 Å². The van der Waals surface area contributed by atoms with E-state index >= 15 is 0 Å². The summed E-state index contributed by atoms with van der Waals surface area (Å²) in [4.78, 5) is 37.5. The highest BCUT2D eigenvalue weighted by molar-refractivity contribution is 5.96. The molecule has 0 radical (unpaired) electrons. The van der Waals surface area contributed by atoms with Gasteiger partial charge in [-0.1, -0.05) is 31.2 Å². The molecule has 6 heteroatoms. The number of nitrogens with one attached hydrogen (secondary N) is 1. The van der Waals surface area contributed by atoms with E-state index in [4.69, 9.17) is 4.74 Å². The van der Waals surface area contributed by atoms with Crippen LogP contribution in [-0.4, -0.2) is 31.4 Å². The number of amides is 2. The highest BCUT2D eigenvalue weighted by Gasteiger charge is 2.16. The van der Waals surface area contributed by atoms with Crippen LogP contribution in [0.25, 0.3) is 0 Å². The normalized spacial score (nSPS) is 10.2. The predicted molar refractivity (Wildman–Crippen MR) is 105 cm³/mol. The smallest absolute Gasteiger partial charge is 0.337 e. The van der Waals surface area contributed by atoms with Crippen LogP contribution in [0.5, 0.6) is 0 Å². The highest BCUT2D eigenvalue weighted by atomic mass is 16.5. The summed E-state index contributed by atoms with van der Waals surface area (Å²) in [6.45, 7) is 3.66. The van der Waals surface area contributed by atoms with Crippen LogP contribution in [-0.2, 0) is 20.7 Å². The Morgan fingerprint density at radius 3 is 2.48 bits per heavy atom. The van der Waals surface area contributed by atoms with Crippen LogP contribution in [0.3, 0.4) is 0 Å². The monoisotopic (exact) mass is 368 g/mol. The van der Waals surface area contributed by atoms with Gasteiger partial charge in [0.15, 0.2) is 0 Å². The molecule has 0 aliphatic heterocycles. The Bertz CT molecular complexity index is 832. The first-order chi connectivity index (χ1) is 13.0. The molecule has 27 heavy (non-hydrogen) atoms. The average molecular weight is 368 g/mol. The molecule has 0 unspecified atom stereocenters. The number of methoxy groups -OCH3 is 1. The van der Waals surface area contributed by atoms with Crippen LogP contribution in [0.15, 0.2) is 48.5 Å². The van der Waals surface area contributed by atoms with E-state index in [9.17, 15) is 14.4 Å². The Morgan fingerprint density at radius 1 is 1.07 bits per heavy atom. The van der Waals surface area contributed by atoms with Gasteiger partial charge >= 0.3 is 5.97 Å². The minimum absolute atomic E-state index is 0.139. The van der Waals surface area contributed by atoms with Gasteiger partial charge in [-0.05, 0) is 36.2 Å². The molecular weight excluding hydrogens is 344 g/mol. The maximum atomic E-state index is 12.3. The van der Waals surface area contributed by atoms with Crippen LogP contribution in [0.4, 0.5) is 11.4 Å². The summed E-state index contributed by atoms with van der Waals surface area (Å²) in [6.07, 6.45) is 0.955. The minimum Gasteiger partial charge on any atom is -0.465 e. The second kappa shape index (κ2) is 9.52. The molecule has 0 atom stereocenters. The van der Waals surface area contributed by atoms with Crippen molar-refractivity contribution >= 4 is 29.2 Å². The van der Waals surface area contributed by atoms with Gasteiger partial charge in [0.2, 0.25) is 11.8 Å². The Hall–Kier alpha value is -3.15. The summed E-state index contributed by atoms with van der Waals surface area (Å²) in [7, 11) is 1.30. The number of carbonyl (C=O) groups is 3. The second-order valence-electron chi connectivity index (χ2n) is 6.02. The summed E-state index contributed by atoms with van der Waals surface area (Å²) < 4.78 is 4.71. The number of hydrogen-bond acceptors (Lipinski definition) is 4. The summed E-state index contributed by atoms with van der Waals surface area (Å²) in [5, 5.41) is 2.89. The van der Waals surface area contributed by atoms with Crippen molar-refractivity contribution < 1.29 is 19.1 Å². The number of nitrogens with zero attached hydrogens (tertiary/aromatic N) is 1. The molecule has 2 amide bonds. The molecule has 0 aliphatic rings. The van der Waals surface area contributed by atoms with E-state index in [1.165, 1.54) is 18.9 Å². The van der Waals surface area contributed by atoms with Crippen LogP contribution in [0, 0.1) is 0 Å². The van der Waals surface area contributed by atoms with E-state index in [2.05, 4.69) is 5.32 Å². The molecule has 2 aromatic carbocycles. The van der Waals surface area contributed by atoms with E-state index < -0.39 is 5.97 Å². The molecule has 0 saturated carbocycles. The zero-order valence-corrected chi connectivity index (χ0v) is 15.8. The molecule has 1 N–H and O–H groups in total. The lowest BCUT2D eigenvalue weighted by atomic mass is 10.1. The quantitative estimate of drug-likeness (QED) is 0.760. The molecule has 0 fully saturated rings. The first-order valence-electron chi connectivity index (χ1n) is 8.80. The number of benzene rings is 2. The Balaban J connectivity index is 2.07. The van der Waals surface area contributed by atoms with Crippen molar-refractivity contribution in [2.24, 2.45) is 0 Å². The van der Waals surface area contributed by atoms with E-state index in [-0.39, 0.29) is 24.8 Å². The lowest BCUT2D eigenvalue weighted by molar-refractivity contribution is -0.117. The molecule has 0 saturated heterocycles. The SMILES string of the molecule is CCc1ccccc1NC(=O)CCN(C(C)=O)c1cccc(C(=O)OC)c1. The molecule has 2 aromatic rings. The van der Waals surface area contributed by atoms with Crippen LogP contribution in [0.2, 0.25) is 0 Å². The topological polar surface area (TPSA) is 75.7 Å². The molecule has 2 rings (SSSR count). The number of hydrogen-bond donors (Lipinski definition) is 1. The van der Waals surface area contributed by atoms with E-state index in [0.29, 0.717) is 11.3 Å². The summed E-state index contributed by atoms with van der Waals surface area (Å²) in [5.74, 6) is -0.862. The molecule has 0 bridgehead atoms. The molecule has 0 spiro atoms. The number of aryl methyl sites for hydroxylation is 1. The Kier molecular flexibility index (Phi) is 7.11. The number of esters is 1. The molecular formula is C21H24N2O4.